The lowest BCUT2D eigenvalue weighted by Gasteiger charge is -2.06. The molecule has 1 aromatic carbocycles. The van der Waals surface area contributed by atoms with Gasteiger partial charge in [-0.2, -0.15) is 0 Å². The molecule has 80 valence electrons. The molecule has 1 aromatic rings. The van der Waals surface area contributed by atoms with Crippen LogP contribution < -0.4 is 0 Å². The molecular weight excluding hydrogens is 218 g/mol. The highest BCUT2D eigenvalue weighted by molar-refractivity contribution is 6.30. The second kappa shape index (κ2) is 4.40. The molecule has 5 heteroatoms. The summed E-state index contributed by atoms with van der Waals surface area (Å²) in [7, 11) is 0. The van der Waals surface area contributed by atoms with E-state index in [9.17, 15) is 14.9 Å². The van der Waals surface area contributed by atoms with Gasteiger partial charge in [-0.1, -0.05) is 0 Å². The molecule has 0 saturated heterocycles. The number of nitro benzene ring substituents is 1. The minimum Gasteiger partial charge on any atom is -0.293 e. The minimum atomic E-state index is -0.461. The standard InChI is InChI=1S/C10H10ClNO3/c1-6-7(2)9(12(14)15)4-3-8(6)10(13)5-11/h3-4H,5H2,1-2H3. The number of hydrogen-bond acceptors (Lipinski definition) is 3. The normalized spacial score (nSPS) is 10.1. The van der Waals surface area contributed by atoms with Crippen LogP contribution in [-0.2, 0) is 0 Å². The summed E-state index contributed by atoms with van der Waals surface area (Å²) < 4.78 is 0. The number of alkyl halides is 1. The third-order valence-electron chi connectivity index (χ3n) is 2.38. The fourth-order valence-electron chi connectivity index (χ4n) is 1.38. The molecule has 0 amide bonds. The van der Waals surface area contributed by atoms with Gasteiger partial charge in [-0.3, -0.25) is 14.9 Å². The Morgan fingerprint density at radius 1 is 1.40 bits per heavy atom. The third-order valence-corrected chi connectivity index (χ3v) is 2.62. The van der Waals surface area contributed by atoms with Crippen LogP contribution in [0.4, 0.5) is 5.69 Å². The topological polar surface area (TPSA) is 60.2 Å². The summed E-state index contributed by atoms with van der Waals surface area (Å²) in [5.41, 5.74) is 1.61. The second-order valence-corrected chi connectivity index (χ2v) is 3.46. The van der Waals surface area contributed by atoms with E-state index in [0.717, 1.165) is 0 Å². The first kappa shape index (κ1) is 11.7. The van der Waals surface area contributed by atoms with Gasteiger partial charge in [0.25, 0.3) is 5.69 Å². The van der Waals surface area contributed by atoms with Gasteiger partial charge < -0.3 is 0 Å². The average molecular weight is 228 g/mol. The molecule has 0 N–H and O–H groups in total. The number of carbonyl (C=O) groups is 1. The Morgan fingerprint density at radius 2 is 2.00 bits per heavy atom. The maximum Gasteiger partial charge on any atom is 0.272 e. The lowest BCUT2D eigenvalue weighted by atomic mass is 9.99. The van der Waals surface area contributed by atoms with Gasteiger partial charge in [0.2, 0.25) is 0 Å². The van der Waals surface area contributed by atoms with Gasteiger partial charge >= 0.3 is 0 Å². The molecule has 4 nitrogen and oxygen atoms in total. The summed E-state index contributed by atoms with van der Waals surface area (Å²) in [6, 6.07) is 2.79. The Balaban J connectivity index is 3.33. The summed E-state index contributed by atoms with van der Waals surface area (Å²) in [5.74, 6) is -0.329. The number of rotatable bonds is 3. The van der Waals surface area contributed by atoms with Gasteiger partial charge in [0, 0.05) is 17.2 Å². The number of nitrogens with zero attached hydrogens (tertiary/aromatic N) is 1. The molecule has 0 aliphatic rings. The molecule has 0 fully saturated rings. The van der Waals surface area contributed by atoms with Crippen LogP contribution in [0.15, 0.2) is 12.1 Å². The van der Waals surface area contributed by atoms with Gasteiger partial charge in [0.15, 0.2) is 5.78 Å². The molecule has 0 radical (unpaired) electrons. The van der Waals surface area contributed by atoms with E-state index in [4.69, 9.17) is 11.6 Å². The number of nitro groups is 1. The first-order valence-electron chi connectivity index (χ1n) is 4.32. The highest BCUT2D eigenvalue weighted by Gasteiger charge is 2.17. The Bertz CT molecular complexity index is 429. The van der Waals surface area contributed by atoms with E-state index in [1.807, 2.05) is 0 Å². The van der Waals surface area contributed by atoms with Crippen molar-refractivity contribution in [3.05, 3.63) is 38.9 Å². The van der Waals surface area contributed by atoms with Crippen molar-refractivity contribution in [2.24, 2.45) is 0 Å². The predicted octanol–water partition coefficient (Wildman–Crippen LogP) is 2.63. The lowest BCUT2D eigenvalue weighted by molar-refractivity contribution is -0.385. The summed E-state index contributed by atoms with van der Waals surface area (Å²) in [6.45, 7) is 3.31. The average Bonchev–Trinajstić information content (AvgIpc) is 2.20. The number of carbonyl (C=O) groups excluding carboxylic acids is 1. The number of Topliss-reactive ketones (excluding diaryl/α,β-unsaturated/α-hetero) is 1. The molecule has 0 saturated carbocycles. The Hall–Kier alpha value is -1.42. The van der Waals surface area contributed by atoms with Crippen LogP contribution in [0.5, 0.6) is 0 Å². The molecule has 0 atom stereocenters. The zero-order valence-corrected chi connectivity index (χ0v) is 9.17. The Labute approximate surface area is 92.0 Å². The maximum absolute atomic E-state index is 11.4. The van der Waals surface area contributed by atoms with E-state index in [2.05, 4.69) is 0 Å². The summed E-state index contributed by atoms with van der Waals surface area (Å²) >= 11 is 5.43. The SMILES string of the molecule is Cc1c(C(=O)CCl)ccc([N+](=O)[O-])c1C. The molecule has 0 spiro atoms. The molecule has 0 aromatic heterocycles. The first-order valence-corrected chi connectivity index (χ1v) is 4.86. The maximum atomic E-state index is 11.4. The van der Waals surface area contributed by atoms with E-state index in [1.54, 1.807) is 13.8 Å². The number of ketones is 1. The zero-order chi connectivity index (χ0) is 11.6. The van der Waals surface area contributed by atoms with Crippen molar-refractivity contribution in [1.29, 1.82) is 0 Å². The van der Waals surface area contributed by atoms with Crippen LogP contribution in [0.1, 0.15) is 21.5 Å². The fourth-order valence-corrected chi connectivity index (χ4v) is 1.52. The molecule has 0 aliphatic heterocycles. The zero-order valence-electron chi connectivity index (χ0n) is 8.41. The summed E-state index contributed by atoms with van der Waals surface area (Å²) in [4.78, 5) is 21.5. The van der Waals surface area contributed by atoms with Crippen LogP contribution in [0.2, 0.25) is 0 Å². The number of halogens is 1. The first-order chi connectivity index (χ1) is 6.99. The van der Waals surface area contributed by atoms with E-state index in [0.29, 0.717) is 16.7 Å². The van der Waals surface area contributed by atoms with E-state index < -0.39 is 4.92 Å². The van der Waals surface area contributed by atoms with Crippen molar-refractivity contribution in [3.63, 3.8) is 0 Å². The minimum absolute atomic E-state index is 0.0265. The van der Waals surface area contributed by atoms with Crippen LogP contribution >= 0.6 is 11.6 Å². The van der Waals surface area contributed by atoms with Crippen molar-refractivity contribution in [2.45, 2.75) is 13.8 Å². The van der Waals surface area contributed by atoms with Crippen LogP contribution in [0, 0.1) is 24.0 Å². The highest BCUT2D eigenvalue weighted by atomic mass is 35.5. The molecule has 1 rings (SSSR count). The van der Waals surface area contributed by atoms with Gasteiger partial charge in [0.05, 0.1) is 10.8 Å². The quantitative estimate of drug-likeness (QED) is 0.345. The summed E-state index contributed by atoms with van der Waals surface area (Å²) in [5, 5.41) is 10.6. The molecule has 0 unspecified atom stereocenters. The van der Waals surface area contributed by atoms with Crippen molar-refractivity contribution in [2.75, 3.05) is 5.88 Å². The lowest BCUT2D eigenvalue weighted by Crippen LogP contribution is -2.05. The largest absolute Gasteiger partial charge is 0.293 e. The predicted molar refractivity (Wildman–Crippen MR) is 57.6 cm³/mol. The van der Waals surface area contributed by atoms with Crippen molar-refractivity contribution in [3.8, 4) is 0 Å². The Morgan fingerprint density at radius 3 is 2.47 bits per heavy atom. The van der Waals surface area contributed by atoms with E-state index >= 15 is 0 Å². The van der Waals surface area contributed by atoms with Crippen molar-refractivity contribution >= 4 is 23.1 Å². The molecule has 0 bridgehead atoms. The number of hydrogen-bond donors (Lipinski definition) is 0. The molecular formula is C10H10ClNO3. The van der Waals surface area contributed by atoms with E-state index in [1.165, 1.54) is 12.1 Å². The van der Waals surface area contributed by atoms with Crippen LogP contribution in [0.25, 0.3) is 0 Å². The van der Waals surface area contributed by atoms with Gasteiger partial charge in [-0.15, -0.1) is 11.6 Å². The monoisotopic (exact) mass is 227 g/mol. The van der Waals surface area contributed by atoms with Gasteiger partial charge in [-0.05, 0) is 25.5 Å². The van der Waals surface area contributed by atoms with Crippen LogP contribution in [-0.4, -0.2) is 16.6 Å². The summed E-state index contributed by atoms with van der Waals surface area (Å²) in [6.07, 6.45) is 0. The Kier molecular flexibility index (Phi) is 3.42. The smallest absolute Gasteiger partial charge is 0.272 e. The van der Waals surface area contributed by atoms with Crippen molar-refractivity contribution in [1.82, 2.24) is 0 Å². The van der Waals surface area contributed by atoms with Gasteiger partial charge in [-0.25, -0.2) is 0 Å². The second-order valence-electron chi connectivity index (χ2n) is 3.20. The van der Waals surface area contributed by atoms with Crippen molar-refractivity contribution < 1.29 is 9.72 Å². The fraction of sp³-hybridized carbons (Fsp3) is 0.300. The van der Waals surface area contributed by atoms with Gasteiger partial charge in [0.1, 0.15) is 0 Å². The van der Waals surface area contributed by atoms with E-state index in [-0.39, 0.29) is 17.4 Å². The van der Waals surface area contributed by atoms with Crippen LogP contribution in [0.3, 0.4) is 0 Å². The highest BCUT2D eigenvalue weighted by Crippen LogP contribution is 2.24. The third kappa shape index (κ3) is 2.15. The molecule has 15 heavy (non-hydrogen) atoms. The molecule has 0 heterocycles. The number of benzene rings is 1. The molecule has 0 aliphatic carbocycles.